The largest absolute Gasteiger partial charge is 0.339 e. The Labute approximate surface area is 74.3 Å². The van der Waals surface area contributed by atoms with Gasteiger partial charge in [-0.25, -0.2) is 4.98 Å². The highest BCUT2D eigenvalue weighted by Crippen LogP contribution is 2.30. The number of carbonyl (C=O) groups is 1. The lowest BCUT2D eigenvalue weighted by Crippen LogP contribution is -1.80. The smallest absolute Gasteiger partial charge is 0.169 e. The molecule has 0 aromatic carbocycles. The maximum absolute atomic E-state index is 10.9. The molecule has 62 valence electrons. The summed E-state index contributed by atoms with van der Waals surface area (Å²) in [6.45, 7) is 0. The Balaban J connectivity index is 2.05. The van der Waals surface area contributed by atoms with Crippen LogP contribution in [0.1, 0.15) is 12.8 Å². The van der Waals surface area contributed by atoms with Crippen LogP contribution in [0.4, 0.5) is 0 Å². The minimum absolute atomic E-state index is 0.226. The van der Waals surface area contributed by atoms with E-state index in [0.29, 0.717) is 6.42 Å². The van der Waals surface area contributed by atoms with Gasteiger partial charge in [0.15, 0.2) is 10.9 Å². The van der Waals surface area contributed by atoms with E-state index in [1.165, 1.54) is 11.8 Å². The van der Waals surface area contributed by atoms with E-state index in [1.807, 2.05) is 0 Å². The number of aromatic nitrogens is 2. The van der Waals surface area contributed by atoms with Crippen molar-refractivity contribution in [2.45, 2.75) is 18.0 Å². The van der Waals surface area contributed by atoms with Crippen LogP contribution < -0.4 is 0 Å². The van der Waals surface area contributed by atoms with E-state index in [0.717, 1.165) is 16.5 Å². The van der Waals surface area contributed by atoms with Gasteiger partial charge in [-0.1, -0.05) is 11.8 Å². The van der Waals surface area contributed by atoms with Gasteiger partial charge >= 0.3 is 0 Å². The number of hydrogen-bond acceptors (Lipinski definition) is 3. The summed E-state index contributed by atoms with van der Waals surface area (Å²) in [6.07, 6.45) is 6.71. The van der Waals surface area contributed by atoms with Crippen molar-refractivity contribution in [1.82, 2.24) is 9.97 Å². The fourth-order valence-corrected chi connectivity index (χ4v) is 1.96. The monoisotopic (exact) mass is 180 g/mol. The topological polar surface area (TPSA) is 45.8 Å². The average molecular weight is 180 g/mol. The number of nitrogens with zero attached hydrogens (tertiary/aromatic N) is 1. The molecule has 0 bridgehead atoms. The minimum atomic E-state index is 0.226. The van der Waals surface area contributed by atoms with Crippen molar-refractivity contribution in [2.75, 3.05) is 0 Å². The predicted octanol–water partition coefficient (Wildman–Crippen LogP) is 1.75. The molecule has 1 heterocycles. The first kappa shape index (κ1) is 7.61. The molecule has 0 radical (unpaired) electrons. The van der Waals surface area contributed by atoms with Gasteiger partial charge in [0.1, 0.15) is 0 Å². The number of hydrogen-bond donors (Lipinski definition) is 1. The van der Waals surface area contributed by atoms with E-state index in [2.05, 4.69) is 9.97 Å². The molecule has 1 N–H and O–H groups in total. The van der Waals surface area contributed by atoms with Gasteiger partial charge in [0.2, 0.25) is 0 Å². The van der Waals surface area contributed by atoms with Crippen LogP contribution in [0.3, 0.4) is 0 Å². The van der Waals surface area contributed by atoms with Crippen LogP contribution in [-0.2, 0) is 4.79 Å². The number of allylic oxidation sites excluding steroid dienone is 2. The minimum Gasteiger partial charge on any atom is -0.339 e. The molecule has 0 aliphatic heterocycles. The van der Waals surface area contributed by atoms with Crippen LogP contribution in [-0.4, -0.2) is 15.8 Å². The van der Waals surface area contributed by atoms with Crippen LogP contribution in [0.5, 0.6) is 0 Å². The van der Waals surface area contributed by atoms with Gasteiger partial charge in [-0.15, -0.1) is 0 Å². The summed E-state index contributed by atoms with van der Waals surface area (Å²) in [4.78, 5) is 19.0. The van der Waals surface area contributed by atoms with Gasteiger partial charge < -0.3 is 4.98 Å². The van der Waals surface area contributed by atoms with E-state index in [1.54, 1.807) is 18.5 Å². The lowest BCUT2D eigenvalue weighted by atomic mass is 10.3. The third-order valence-electron chi connectivity index (χ3n) is 1.64. The van der Waals surface area contributed by atoms with Crippen molar-refractivity contribution in [3.8, 4) is 0 Å². The first-order valence-corrected chi connectivity index (χ1v) is 4.57. The van der Waals surface area contributed by atoms with Crippen molar-refractivity contribution in [3.63, 3.8) is 0 Å². The highest BCUT2D eigenvalue weighted by Gasteiger charge is 2.13. The SMILES string of the molecule is O=C1C=C(Sc2ncc[nH]2)CC1. The number of carbonyl (C=O) groups excluding carboxylic acids is 1. The first-order valence-electron chi connectivity index (χ1n) is 3.75. The molecular weight excluding hydrogens is 172 g/mol. The number of rotatable bonds is 2. The van der Waals surface area contributed by atoms with Gasteiger partial charge in [-0.3, -0.25) is 4.79 Å². The molecule has 0 atom stereocenters. The second-order valence-corrected chi connectivity index (χ2v) is 3.69. The summed E-state index contributed by atoms with van der Waals surface area (Å²) >= 11 is 1.54. The lowest BCUT2D eigenvalue weighted by Gasteiger charge is -1.94. The Bertz CT molecular complexity index is 316. The van der Waals surface area contributed by atoms with Crippen molar-refractivity contribution in [3.05, 3.63) is 23.4 Å². The van der Waals surface area contributed by atoms with E-state index < -0.39 is 0 Å². The maximum Gasteiger partial charge on any atom is 0.169 e. The molecule has 0 amide bonds. The van der Waals surface area contributed by atoms with Gasteiger partial charge in [0.25, 0.3) is 0 Å². The third kappa shape index (κ3) is 1.58. The first-order chi connectivity index (χ1) is 5.84. The van der Waals surface area contributed by atoms with Crippen molar-refractivity contribution in [1.29, 1.82) is 0 Å². The zero-order valence-corrected chi connectivity index (χ0v) is 7.23. The number of nitrogens with one attached hydrogen (secondary N) is 1. The van der Waals surface area contributed by atoms with Gasteiger partial charge in [-0.2, -0.15) is 0 Å². The van der Waals surface area contributed by atoms with Crippen molar-refractivity contribution in [2.24, 2.45) is 0 Å². The number of thioether (sulfide) groups is 1. The second kappa shape index (κ2) is 3.15. The van der Waals surface area contributed by atoms with Crippen LogP contribution in [0, 0.1) is 0 Å². The molecule has 2 rings (SSSR count). The summed E-state index contributed by atoms with van der Waals surface area (Å²) < 4.78 is 0. The molecule has 1 aliphatic rings. The zero-order chi connectivity index (χ0) is 8.39. The summed E-state index contributed by atoms with van der Waals surface area (Å²) in [6, 6.07) is 0. The fourth-order valence-electron chi connectivity index (χ4n) is 1.08. The molecule has 0 saturated heterocycles. The number of H-pyrrole nitrogens is 1. The second-order valence-electron chi connectivity index (χ2n) is 2.57. The molecule has 0 fully saturated rings. The Morgan fingerprint density at radius 1 is 1.50 bits per heavy atom. The Hall–Kier alpha value is -1.03. The third-order valence-corrected chi connectivity index (χ3v) is 2.64. The van der Waals surface area contributed by atoms with Gasteiger partial charge in [0.05, 0.1) is 0 Å². The highest BCUT2D eigenvalue weighted by atomic mass is 32.2. The summed E-state index contributed by atoms with van der Waals surface area (Å²) in [5.74, 6) is 0.226. The molecular formula is C8H8N2OS. The Kier molecular flexibility index (Phi) is 1.99. The number of ketones is 1. The lowest BCUT2D eigenvalue weighted by molar-refractivity contribution is -0.114. The Morgan fingerprint density at radius 3 is 3.00 bits per heavy atom. The van der Waals surface area contributed by atoms with Crippen LogP contribution in [0.25, 0.3) is 0 Å². The quantitative estimate of drug-likeness (QED) is 0.754. The van der Waals surface area contributed by atoms with Gasteiger partial charge in [0, 0.05) is 18.8 Å². The molecule has 1 aliphatic carbocycles. The molecule has 12 heavy (non-hydrogen) atoms. The van der Waals surface area contributed by atoms with Crippen LogP contribution in [0.15, 0.2) is 28.5 Å². The molecule has 1 aromatic rings. The molecule has 0 saturated carbocycles. The van der Waals surface area contributed by atoms with E-state index >= 15 is 0 Å². The van der Waals surface area contributed by atoms with E-state index in [9.17, 15) is 4.79 Å². The maximum atomic E-state index is 10.9. The molecule has 4 heteroatoms. The predicted molar refractivity (Wildman–Crippen MR) is 46.8 cm³/mol. The molecule has 1 aromatic heterocycles. The number of aromatic amines is 1. The average Bonchev–Trinajstić information content (AvgIpc) is 2.63. The Morgan fingerprint density at radius 2 is 2.42 bits per heavy atom. The normalized spacial score (nSPS) is 16.7. The number of imidazole rings is 1. The zero-order valence-electron chi connectivity index (χ0n) is 6.41. The van der Waals surface area contributed by atoms with Crippen LogP contribution >= 0.6 is 11.8 Å². The molecule has 0 spiro atoms. The fraction of sp³-hybridized carbons (Fsp3) is 0.250. The van der Waals surface area contributed by atoms with E-state index in [-0.39, 0.29) is 5.78 Å². The standard InChI is InChI=1S/C8H8N2OS/c11-6-1-2-7(5-6)12-8-9-3-4-10-8/h3-5H,1-2H2,(H,9,10). The summed E-state index contributed by atoms with van der Waals surface area (Å²) in [5.41, 5.74) is 0. The summed E-state index contributed by atoms with van der Waals surface area (Å²) in [5, 5.41) is 0.857. The summed E-state index contributed by atoms with van der Waals surface area (Å²) in [7, 11) is 0. The van der Waals surface area contributed by atoms with Crippen LogP contribution in [0.2, 0.25) is 0 Å². The van der Waals surface area contributed by atoms with Gasteiger partial charge in [-0.05, 0) is 17.4 Å². The molecule has 0 unspecified atom stereocenters. The van der Waals surface area contributed by atoms with Crippen molar-refractivity contribution >= 4 is 17.5 Å². The highest BCUT2D eigenvalue weighted by molar-refractivity contribution is 8.03. The van der Waals surface area contributed by atoms with E-state index in [4.69, 9.17) is 0 Å². The molecule has 3 nitrogen and oxygen atoms in total. The van der Waals surface area contributed by atoms with Crippen molar-refractivity contribution < 1.29 is 4.79 Å².